The Balaban J connectivity index is 1.79. The fourth-order valence-corrected chi connectivity index (χ4v) is 2.64. The van der Waals surface area contributed by atoms with Crippen molar-refractivity contribution in [1.29, 1.82) is 0 Å². The average Bonchev–Trinajstić information content (AvgIpc) is 2.53. The molecule has 5 heteroatoms. The molecule has 0 aromatic heterocycles. The van der Waals surface area contributed by atoms with Crippen molar-refractivity contribution in [2.75, 3.05) is 13.1 Å². The van der Waals surface area contributed by atoms with Gasteiger partial charge in [-0.2, -0.15) is 0 Å². The lowest BCUT2D eigenvalue weighted by atomic mass is 9.97. The molecule has 1 saturated heterocycles. The summed E-state index contributed by atoms with van der Waals surface area (Å²) in [4.78, 5) is 24.7. The molecule has 1 aromatic carbocycles. The second kappa shape index (κ2) is 7.29. The summed E-state index contributed by atoms with van der Waals surface area (Å²) in [6, 6.07) is 8.13. The van der Waals surface area contributed by atoms with Gasteiger partial charge in [0.25, 0.3) is 0 Å². The van der Waals surface area contributed by atoms with Gasteiger partial charge in [0, 0.05) is 19.6 Å². The summed E-state index contributed by atoms with van der Waals surface area (Å²) in [6.07, 6.45) is 1.07. The summed E-state index contributed by atoms with van der Waals surface area (Å²) >= 11 is 0. The minimum Gasteiger partial charge on any atom is -0.481 e. The van der Waals surface area contributed by atoms with Gasteiger partial charge in [-0.05, 0) is 29.9 Å². The van der Waals surface area contributed by atoms with E-state index >= 15 is 0 Å². The lowest BCUT2D eigenvalue weighted by molar-refractivity contribution is -0.143. The van der Waals surface area contributed by atoms with Crippen molar-refractivity contribution in [3.8, 4) is 0 Å². The number of nitrogens with zero attached hydrogens (tertiary/aromatic N) is 1. The number of carboxylic acids is 1. The molecule has 2 N–H and O–H groups in total. The van der Waals surface area contributed by atoms with Crippen LogP contribution in [0.4, 0.5) is 4.79 Å². The SMILES string of the molecule is CC(C)c1ccc(CNC(=O)N2CCC(C(=O)O)CC2)cc1. The van der Waals surface area contributed by atoms with Gasteiger partial charge in [-0.15, -0.1) is 0 Å². The van der Waals surface area contributed by atoms with E-state index in [0.717, 1.165) is 5.56 Å². The van der Waals surface area contributed by atoms with E-state index in [9.17, 15) is 9.59 Å². The first-order chi connectivity index (χ1) is 10.5. The molecule has 0 saturated carbocycles. The zero-order valence-electron chi connectivity index (χ0n) is 13.2. The Morgan fingerprint density at radius 3 is 2.32 bits per heavy atom. The van der Waals surface area contributed by atoms with Gasteiger partial charge in [0.05, 0.1) is 5.92 Å². The van der Waals surface area contributed by atoms with E-state index in [1.165, 1.54) is 5.56 Å². The maximum Gasteiger partial charge on any atom is 0.317 e. The molecule has 1 aliphatic rings. The molecule has 1 heterocycles. The summed E-state index contributed by atoms with van der Waals surface area (Å²) in [5.41, 5.74) is 2.35. The second-order valence-electron chi connectivity index (χ2n) is 6.15. The molecule has 0 aliphatic carbocycles. The molecule has 0 radical (unpaired) electrons. The predicted molar refractivity (Wildman–Crippen MR) is 84.7 cm³/mol. The number of benzene rings is 1. The topological polar surface area (TPSA) is 69.6 Å². The quantitative estimate of drug-likeness (QED) is 0.898. The van der Waals surface area contributed by atoms with Gasteiger partial charge in [0.15, 0.2) is 0 Å². The maximum atomic E-state index is 12.1. The summed E-state index contributed by atoms with van der Waals surface area (Å²) in [7, 11) is 0. The van der Waals surface area contributed by atoms with Crippen molar-refractivity contribution in [2.45, 2.75) is 39.2 Å². The molecule has 0 bridgehead atoms. The van der Waals surface area contributed by atoms with Crippen LogP contribution in [0.3, 0.4) is 0 Å². The van der Waals surface area contributed by atoms with Gasteiger partial charge in [0.1, 0.15) is 0 Å². The van der Waals surface area contributed by atoms with Gasteiger partial charge in [-0.1, -0.05) is 38.1 Å². The van der Waals surface area contributed by atoms with Crippen molar-refractivity contribution in [3.05, 3.63) is 35.4 Å². The van der Waals surface area contributed by atoms with E-state index < -0.39 is 5.97 Å². The number of amides is 2. The van der Waals surface area contributed by atoms with E-state index in [0.29, 0.717) is 38.4 Å². The van der Waals surface area contributed by atoms with Crippen LogP contribution >= 0.6 is 0 Å². The minimum atomic E-state index is -0.759. The van der Waals surface area contributed by atoms with Crippen LogP contribution in [-0.2, 0) is 11.3 Å². The first-order valence-electron chi connectivity index (χ1n) is 7.81. The molecular formula is C17H24N2O3. The third-order valence-electron chi connectivity index (χ3n) is 4.22. The predicted octanol–water partition coefficient (Wildman–Crippen LogP) is 2.82. The average molecular weight is 304 g/mol. The Morgan fingerprint density at radius 2 is 1.82 bits per heavy atom. The highest BCUT2D eigenvalue weighted by Gasteiger charge is 2.26. The molecule has 0 atom stereocenters. The highest BCUT2D eigenvalue weighted by molar-refractivity contribution is 5.75. The third-order valence-corrected chi connectivity index (χ3v) is 4.22. The molecule has 1 aromatic rings. The molecule has 2 amide bonds. The number of rotatable bonds is 4. The van der Waals surface area contributed by atoms with Crippen LogP contribution in [0.5, 0.6) is 0 Å². The number of aliphatic carboxylic acids is 1. The Labute approximate surface area is 131 Å². The maximum absolute atomic E-state index is 12.1. The lowest BCUT2D eigenvalue weighted by Crippen LogP contribution is -2.45. The Hall–Kier alpha value is -2.04. The first-order valence-corrected chi connectivity index (χ1v) is 7.81. The molecule has 120 valence electrons. The Kier molecular flexibility index (Phi) is 5.41. The van der Waals surface area contributed by atoms with Crippen LogP contribution < -0.4 is 5.32 Å². The molecule has 22 heavy (non-hydrogen) atoms. The number of piperidine rings is 1. The van der Waals surface area contributed by atoms with Crippen LogP contribution in [0.1, 0.15) is 43.7 Å². The summed E-state index contributed by atoms with van der Waals surface area (Å²) in [5.74, 6) is -0.572. The van der Waals surface area contributed by atoms with E-state index in [1.807, 2.05) is 12.1 Å². The van der Waals surface area contributed by atoms with Gasteiger partial charge in [0.2, 0.25) is 0 Å². The fraction of sp³-hybridized carbons (Fsp3) is 0.529. The highest BCUT2D eigenvalue weighted by atomic mass is 16.4. The second-order valence-corrected chi connectivity index (χ2v) is 6.15. The Bertz CT molecular complexity index is 517. The lowest BCUT2D eigenvalue weighted by Gasteiger charge is -2.30. The van der Waals surface area contributed by atoms with Crippen LogP contribution in [0, 0.1) is 5.92 Å². The fourth-order valence-electron chi connectivity index (χ4n) is 2.64. The molecule has 1 aliphatic heterocycles. The largest absolute Gasteiger partial charge is 0.481 e. The summed E-state index contributed by atoms with van der Waals surface area (Å²) in [5, 5.41) is 11.9. The van der Waals surface area contributed by atoms with Crippen molar-refractivity contribution in [3.63, 3.8) is 0 Å². The summed E-state index contributed by atoms with van der Waals surface area (Å²) < 4.78 is 0. The van der Waals surface area contributed by atoms with Crippen LogP contribution in [-0.4, -0.2) is 35.1 Å². The zero-order valence-corrected chi connectivity index (χ0v) is 13.2. The number of nitrogens with one attached hydrogen (secondary N) is 1. The molecule has 2 rings (SSSR count). The number of hydrogen-bond donors (Lipinski definition) is 2. The standard InChI is InChI=1S/C17H24N2O3/c1-12(2)14-5-3-13(4-6-14)11-18-17(22)19-9-7-15(8-10-19)16(20)21/h3-6,12,15H,7-11H2,1-2H3,(H,18,22)(H,20,21). The molecule has 0 spiro atoms. The van der Waals surface area contributed by atoms with Crippen LogP contribution in [0.25, 0.3) is 0 Å². The van der Waals surface area contributed by atoms with Crippen molar-refractivity contribution in [2.24, 2.45) is 5.92 Å². The Morgan fingerprint density at radius 1 is 1.23 bits per heavy atom. The van der Waals surface area contributed by atoms with Gasteiger partial charge in [-0.3, -0.25) is 4.79 Å². The van der Waals surface area contributed by atoms with Gasteiger partial charge < -0.3 is 15.3 Å². The van der Waals surface area contributed by atoms with Crippen molar-refractivity contribution >= 4 is 12.0 Å². The first kappa shape index (κ1) is 16.3. The molecule has 1 fully saturated rings. The minimum absolute atomic E-state index is 0.114. The van der Waals surface area contributed by atoms with Crippen molar-refractivity contribution < 1.29 is 14.7 Å². The van der Waals surface area contributed by atoms with Gasteiger partial charge >= 0.3 is 12.0 Å². The number of carboxylic acid groups (broad SMARTS) is 1. The summed E-state index contributed by atoms with van der Waals surface area (Å²) in [6.45, 7) is 5.81. The van der Waals surface area contributed by atoms with Crippen molar-refractivity contribution in [1.82, 2.24) is 10.2 Å². The van der Waals surface area contributed by atoms with E-state index in [2.05, 4.69) is 31.3 Å². The molecular weight excluding hydrogens is 280 g/mol. The molecule has 0 unspecified atom stereocenters. The normalized spacial score (nSPS) is 15.9. The number of likely N-dealkylation sites (tertiary alicyclic amines) is 1. The third kappa shape index (κ3) is 4.23. The van der Waals surface area contributed by atoms with Crippen LogP contribution in [0.15, 0.2) is 24.3 Å². The van der Waals surface area contributed by atoms with E-state index in [1.54, 1.807) is 4.90 Å². The number of carbonyl (C=O) groups is 2. The van der Waals surface area contributed by atoms with E-state index in [-0.39, 0.29) is 11.9 Å². The monoisotopic (exact) mass is 304 g/mol. The smallest absolute Gasteiger partial charge is 0.317 e. The highest BCUT2D eigenvalue weighted by Crippen LogP contribution is 2.17. The molecule has 5 nitrogen and oxygen atoms in total. The van der Waals surface area contributed by atoms with Gasteiger partial charge in [-0.25, -0.2) is 4.79 Å². The van der Waals surface area contributed by atoms with E-state index in [4.69, 9.17) is 5.11 Å². The zero-order chi connectivity index (χ0) is 16.1. The number of carbonyl (C=O) groups excluding carboxylic acids is 1. The number of urea groups is 1. The van der Waals surface area contributed by atoms with Crippen LogP contribution in [0.2, 0.25) is 0 Å². The number of hydrogen-bond acceptors (Lipinski definition) is 2.